The number of carbonyl (C=O) groups excluding carboxylic acids is 5. The first-order chi connectivity index (χ1) is 20.6. The van der Waals surface area contributed by atoms with Crippen LogP contribution >= 0.6 is 0 Å². The number of unbranched alkanes of at least 4 members (excludes halogenated alkanes) is 4. The van der Waals surface area contributed by atoms with Crippen molar-refractivity contribution >= 4 is 29.5 Å². The van der Waals surface area contributed by atoms with Crippen molar-refractivity contribution in [3.8, 4) is 0 Å². The molecule has 0 fully saturated rings. The molecule has 0 unspecified atom stereocenters. The van der Waals surface area contributed by atoms with Crippen molar-refractivity contribution in [2.24, 2.45) is 34.4 Å². The van der Waals surface area contributed by atoms with Crippen LogP contribution in [0.3, 0.4) is 0 Å². The second-order valence-corrected chi connectivity index (χ2v) is 10.6. The lowest BCUT2D eigenvalue weighted by atomic mass is 10.0. The van der Waals surface area contributed by atoms with Gasteiger partial charge in [-0.25, -0.2) is 0 Å². The molecule has 0 aromatic carbocycles. The number of hydrogen-bond acceptors (Lipinski definition) is 11. The summed E-state index contributed by atoms with van der Waals surface area (Å²) in [6.45, 7) is 0.979. The molecule has 0 radical (unpaired) electrons. The number of rotatable bonds is 26. The normalized spacial score (nSPS) is 14.6. The van der Waals surface area contributed by atoms with E-state index in [9.17, 15) is 29.1 Å². The second kappa shape index (κ2) is 24.5. The van der Waals surface area contributed by atoms with Crippen LogP contribution in [0.4, 0.5) is 0 Å². The average molecular weight is 617 g/mol. The number of carbonyl (C=O) groups is 5. The maximum Gasteiger partial charge on any atom is 0.243 e. The van der Waals surface area contributed by atoms with Gasteiger partial charge in [-0.05, 0) is 103 Å². The summed E-state index contributed by atoms with van der Waals surface area (Å²) in [6.07, 6.45) is 5.55. The Hall–Kier alpha value is -2.89. The Balaban J connectivity index is 5.85. The monoisotopic (exact) mass is 616 g/mol. The molecule has 5 amide bonds. The number of primary amides is 1. The Morgan fingerprint density at radius 2 is 0.767 bits per heavy atom. The largest absolute Gasteiger partial charge is 0.394 e. The predicted octanol–water partition coefficient (Wildman–Crippen LogP) is -3.75. The number of aliphatic hydroxyl groups is 1. The highest BCUT2D eigenvalue weighted by atomic mass is 16.3. The van der Waals surface area contributed by atoms with Crippen molar-refractivity contribution in [3.63, 3.8) is 0 Å². The van der Waals surface area contributed by atoms with Crippen LogP contribution in [0.2, 0.25) is 0 Å². The van der Waals surface area contributed by atoms with Crippen molar-refractivity contribution in [1.82, 2.24) is 21.3 Å². The van der Waals surface area contributed by atoms with Gasteiger partial charge in [-0.3, -0.25) is 24.0 Å². The van der Waals surface area contributed by atoms with Gasteiger partial charge < -0.3 is 60.8 Å². The fourth-order valence-corrected chi connectivity index (χ4v) is 4.24. The fraction of sp³-hybridized carbons (Fsp3) is 0.815. The van der Waals surface area contributed by atoms with Gasteiger partial charge >= 0.3 is 0 Å². The summed E-state index contributed by atoms with van der Waals surface area (Å²) >= 11 is 0. The van der Waals surface area contributed by atoms with Crippen molar-refractivity contribution in [1.29, 1.82) is 0 Å². The van der Waals surface area contributed by atoms with Gasteiger partial charge in [0.25, 0.3) is 0 Å². The minimum atomic E-state index is -1.22. The Bertz CT molecular complexity index is 834. The lowest BCUT2D eigenvalue weighted by Gasteiger charge is -2.26. The van der Waals surface area contributed by atoms with Crippen LogP contribution in [-0.2, 0) is 24.0 Å². The summed E-state index contributed by atoms with van der Waals surface area (Å²) in [5.41, 5.74) is 33.4. The topological polar surface area (TPSA) is 310 Å². The smallest absolute Gasteiger partial charge is 0.243 e. The first-order valence-electron chi connectivity index (χ1n) is 15.2. The quantitative estimate of drug-likeness (QED) is 0.0419. The summed E-state index contributed by atoms with van der Waals surface area (Å²) in [5.74, 6) is -3.24. The third-order valence-corrected chi connectivity index (χ3v) is 6.88. The number of aliphatic hydroxyl groups excluding tert-OH is 1. The fourth-order valence-electron chi connectivity index (χ4n) is 4.24. The molecule has 0 saturated heterocycles. The molecule has 16 nitrogen and oxygen atoms in total. The maximum atomic E-state index is 13.5. The second-order valence-electron chi connectivity index (χ2n) is 10.6. The van der Waals surface area contributed by atoms with E-state index in [-0.39, 0.29) is 19.3 Å². The zero-order valence-corrected chi connectivity index (χ0v) is 25.4. The Morgan fingerprint density at radius 1 is 0.488 bits per heavy atom. The van der Waals surface area contributed by atoms with Gasteiger partial charge in [0.05, 0.1) is 6.61 Å². The van der Waals surface area contributed by atoms with E-state index in [0.717, 1.165) is 0 Å². The summed E-state index contributed by atoms with van der Waals surface area (Å²) in [6, 6.07) is -5.26. The van der Waals surface area contributed by atoms with E-state index in [2.05, 4.69) is 21.3 Å². The predicted molar refractivity (Wildman–Crippen MR) is 164 cm³/mol. The number of nitrogens with one attached hydrogen (secondary N) is 4. The van der Waals surface area contributed by atoms with E-state index in [1.165, 1.54) is 0 Å². The van der Waals surface area contributed by atoms with Gasteiger partial charge in [0.2, 0.25) is 29.5 Å². The molecule has 0 aromatic heterocycles. The van der Waals surface area contributed by atoms with Crippen LogP contribution in [0, 0.1) is 0 Å². The van der Waals surface area contributed by atoms with Gasteiger partial charge in [0.1, 0.15) is 30.2 Å². The molecule has 5 atom stereocenters. The molecule has 0 aromatic rings. The number of hydrogen-bond donors (Lipinski definition) is 11. The zero-order chi connectivity index (χ0) is 32.6. The van der Waals surface area contributed by atoms with Gasteiger partial charge in [-0.1, -0.05) is 0 Å². The molecule has 0 aliphatic carbocycles. The van der Waals surface area contributed by atoms with Crippen LogP contribution < -0.4 is 55.7 Å². The molecule has 16 heteroatoms. The van der Waals surface area contributed by atoms with Gasteiger partial charge in [0, 0.05) is 0 Å². The van der Waals surface area contributed by atoms with Gasteiger partial charge in [-0.2, -0.15) is 0 Å². The zero-order valence-electron chi connectivity index (χ0n) is 25.4. The SMILES string of the molecule is NCCCC[C@H](NC(=O)[C@H](CCCCN)NC(=O)[C@H](CCCCN)NC(=O)[C@H](CCCCN)NC(=O)[C@@H](N)CO)C(N)=O. The van der Waals surface area contributed by atoms with Gasteiger partial charge in [0.15, 0.2) is 0 Å². The molecule has 0 saturated carbocycles. The summed E-state index contributed by atoms with van der Waals surface area (Å²) in [7, 11) is 0. The van der Waals surface area contributed by atoms with E-state index in [0.29, 0.717) is 84.0 Å². The van der Waals surface area contributed by atoms with Crippen molar-refractivity contribution in [3.05, 3.63) is 0 Å². The summed E-state index contributed by atoms with van der Waals surface area (Å²) in [4.78, 5) is 64.3. The lowest BCUT2D eigenvalue weighted by Crippen LogP contribution is -2.58. The lowest BCUT2D eigenvalue weighted by molar-refractivity contribution is -0.135. The molecule has 0 rings (SSSR count). The standard InChI is InChI=1S/C27H56N10O6/c28-13-5-1-9-19(23(33)39)34-25(41)21(11-3-7-15-30)36-27(43)22(12-4-8-16-31)37-26(42)20(10-2-6-14-29)35-24(40)18(32)17-38/h18-22,38H,1-17,28-32H2,(H2,33,39)(H,34,41)(H,35,40)(H,36,43)(H,37,42)/t18-,19-,20-,21-,22-/m0/s1. The Labute approximate surface area is 254 Å². The molecular formula is C27H56N10O6. The van der Waals surface area contributed by atoms with E-state index in [1.54, 1.807) is 0 Å². The molecule has 0 heterocycles. The number of amides is 5. The molecule has 0 bridgehead atoms. The Kier molecular flexibility index (Phi) is 22.9. The third-order valence-electron chi connectivity index (χ3n) is 6.88. The third kappa shape index (κ3) is 17.7. The van der Waals surface area contributed by atoms with E-state index >= 15 is 0 Å². The molecule has 43 heavy (non-hydrogen) atoms. The minimum Gasteiger partial charge on any atom is -0.394 e. The molecule has 0 aliphatic heterocycles. The van der Waals surface area contributed by atoms with Crippen LogP contribution in [0.1, 0.15) is 77.0 Å². The molecule has 0 aliphatic rings. The van der Waals surface area contributed by atoms with Crippen molar-refractivity contribution < 1.29 is 29.1 Å². The van der Waals surface area contributed by atoms with E-state index in [1.807, 2.05) is 0 Å². The van der Waals surface area contributed by atoms with Crippen LogP contribution in [0.5, 0.6) is 0 Å². The van der Waals surface area contributed by atoms with E-state index in [4.69, 9.17) is 34.4 Å². The van der Waals surface area contributed by atoms with Crippen molar-refractivity contribution in [2.75, 3.05) is 32.8 Å². The number of nitrogens with two attached hydrogens (primary N) is 6. The maximum absolute atomic E-state index is 13.5. The van der Waals surface area contributed by atoms with Crippen LogP contribution in [0.15, 0.2) is 0 Å². The van der Waals surface area contributed by atoms with Crippen LogP contribution in [-0.4, -0.2) is 97.6 Å². The minimum absolute atomic E-state index is 0.217. The molecule has 17 N–H and O–H groups in total. The summed E-state index contributed by atoms with van der Waals surface area (Å²) < 4.78 is 0. The Morgan fingerprint density at radius 3 is 1.05 bits per heavy atom. The molecule has 250 valence electrons. The first-order valence-corrected chi connectivity index (χ1v) is 15.2. The molecular weight excluding hydrogens is 560 g/mol. The van der Waals surface area contributed by atoms with Crippen molar-refractivity contribution in [2.45, 2.75) is 107 Å². The van der Waals surface area contributed by atoms with Crippen LogP contribution in [0.25, 0.3) is 0 Å². The van der Waals surface area contributed by atoms with Gasteiger partial charge in [-0.15, -0.1) is 0 Å². The highest BCUT2D eigenvalue weighted by Crippen LogP contribution is 2.09. The molecule has 0 spiro atoms. The van der Waals surface area contributed by atoms with E-state index < -0.39 is 66.4 Å². The highest BCUT2D eigenvalue weighted by Gasteiger charge is 2.31. The average Bonchev–Trinajstić information content (AvgIpc) is 2.98. The first kappa shape index (κ1) is 40.1. The summed E-state index contributed by atoms with van der Waals surface area (Å²) in [5, 5.41) is 19.8. The highest BCUT2D eigenvalue weighted by molar-refractivity contribution is 5.95.